The van der Waals surface area contributed by atoms with Gasteiger partial charge in [-0.25, -0.2) is 9.97 Å². The van der Waals surface area contributed by atoms with Crippen molar-refractivity contribution >= 4 is 58.4 Å². The Hall–Kier alpha value is -1.05. The molecule has 18 heavy (non-hydrogen) atoms. The fourth-order valence-corrected chi connectivity index (χ4v) is 1.51. The van der Waals surface area contributed by atoms with Crippen LogP contribution in [-0.2, 0) is 9.59 Å². The second-order valence-corrected chi connectivity index (χ2v) is 4.30. The number of carbonyl (C=O) groups is 2. The average Bonchev–Trinajstić information content (AvgIpc) is 2.37. The van der Waals surface area contributed by atoms with E-state index >= 15 is 0 Å². The number of rotatable bonds is 5. The zero-order valence-corrected chi connectivity index (χ0v) is 11.7. The summed E-state index contributed by atoms with van der Waals surface area (Å²) in [5.41, 5.74) is 0. The van der Waals surface area contributed by atoms with E-state index in [9.17, 15) is 9.59 Å². The molecule has 0 aliphatic rings. The molecule has 0 saturated heterocycles. The van der Waals surface area contributed by atoms with Crippen molar-refractivity contribution in [1.82, 2.24) is 9.97 Å². The van der Waals surface area contributed by atoms with Crippen molar-refractivity contribution in [2.45, 2.75) is 5.16 Å². The molecule has 1 aromatic heterocycles. The van der Waals surface area contributed by atoms with Crippen LogP contribution in [0.3, 0.4) is 0 Å². The Kier molecular flexibility index (Phi) is 6.17. The fraction of sp³-hybridized carbons (Fsp3) is 0.333. The van der Waals surface area contributed by atoms with Gasteiger partial charge in [-0.1, -0.05) is 11.8 Å². The molecule has 1 aromatic rings. The summed E-state index contributed by atoms with van der Waals surface area (Å²) in [7, 11) is 0. The maximum atomic E-state index is 11.2. The molecule has 0 aliphatic carbocycles. The minimum atomic E-state index is -0.392. The Bertz CT molecular complexity index is 422. The molecule has 6 nitrogen and oxygen atoms in total. The van der Waals surface area contributed by atoms with E-state index in [4.69, 9.17) is 23.2 Å². The third-order valence-corrected chi connectivity index (χ3v) is 2.70. The molecule has 0 spiro atoms. The molecule has 0 saturated carbocycles. The number of nitrogens with one attached hydrogen (secondary N) is 2. The van der Waals surface area contributed by atoms with Crippen LogP contribution >= 0.6 is 35.0 Å². The van der Waals surface area contributed by atoms with Gasteiger partial charge in [-0.2, -0.15) is 0 Å². The molecule has 1 rings (SSSR count). The highest BCUT2D eigenvalue weighted by Gasteiger charge is 2.08. The van der Waals surface area contributed by atoms with Crippen molar-refractivity contribution in [2.75, 3.05) is 28.6 Å². The first-order valence-corrected chi connectivity index (χ1v) is 7.03. The van der Waals surface area contributed by atoms with E-state index in [1.165, 1.54) is 17.8 Å². The molecular formula is C9H10Cl2N4O2S. The first-order valence-electron chi connectivity index (χ1n) is 4.73. The second kappa shape index (κ2) is 7.40. The number of hydrogen-bond donors (Lipinski definition) is 2. The highest BCUT2D eigenvalue weighted by Crippen LogP contribution is 2.17. The van der Waals surface area contributed by atoms with Crippen LogP contribution in [0.15, 0.2) is 11.2 Å². The number of anilines is 2. The molecule has 2 N–H and O–H groups in total. The lowest BCUT2D eigenvalue weighted by Crippen LogP contribution is -2.17. The summed E-state index contributed by atoms with van der Waals surface area (Å²) in [5.74, 6) is -0.604. The van der Waals surface area contributed by atoms with Gasteiger partial charge in [0.1, 0.15) is 23.4 Å². The molecule has 0 radical (unpaired) electrons. The van der Waals surface area contributed by atoms with Crippen LogP contribution in [0, 0.1) is 0 Å². The number of thioether (sulfide) groups is 1. The summed E-state index contributed by atoms with van der Waals surface area (Å²) >= 11 is 12.0. The maximum Gasteiger partial charge on any atom is 0.240 e. The van der Waals surface area contributed by atoms with Crippen LogP contribution in [-0.4, -0.2) is 39.8 Å². The largest absolute Gasteiger partial charge is 0.309 e. The maximum absolute atomic E-state index is 11.2. The zero-order chi connectivity index (χ0) is 13.5. The molecule has 2 amide bonds. The Morgan fingerprint density at radius 3 is 1.94 bits per heavy atom. The smallest absolute Gasteiger partial charge is 0.240 e. The second-order valence-electron chi connectivity index (χ2n) is 2.99. The van der Waals surface area contributed by atoms with Crippen molar-refractivity contribution in [3.8, 4) is 0 Å². The Labute approximate surface area is 118 Å². The average molecular weight is 309 g/mol. The molecular weight excluding hydrogens is 299 g/mol. The quantitative estimate of drug-likeness (QED) is 0.490. The summed E-state index contributed by atoms with van der Waals surface area (Å²) in [6.07, 6.45) is 1.77. The number of aromatic nitrogens is 2. The van der Waals surface area contributed by atoms with Gasteiger partial charge >= 0.3 is 0 Å². The van der Waals surface area contributed by atoms with E-state index < -0.39 is 11.8 Å². The lowest BCUT2D eigenvalue weighted by atomic mass is 10.5. The number of amides is 2. The molecule has 98 valence electrons. The van der Waals surface area contributed by atoms with Crippen molar-refractivity contribution in [3.05, 3.63) is 6.07 Å². The highest BCUT2D eigenvalue weighted by molar-refractivity contribution is 7.98. The number of nitrogens with zero attached hydrogens (tertiary/aromatic N) is 2. The van der Waals surface area contributed by atoms with Gasteiger partial charge in [-0.3, -0.25) is 9.59 Å². The van der Waals surface area contributed by atoms with E-state index in [1.54, 1.807) is 6.26 Å². The molecule has 0 aromatic carbocycles. The predicted octanol–water partition coefficient (Wildman–Crippen LogP) is 1.55. The summed E-state index contributed by atoms with van der Waals surface area (Å²) in [4.78, 5) is 30.4. The molecule has 0 atom stereocenters. The number of halogens is 2. The summed E-state index contributed by atoms with van der Waals surface area (Å²) < 4.78 is 0. The van der Waals surface area contributed by atoms with Crippen LogP contribution in [0.4, 0.5) is 11.6 Å². The van der Waals surface area contributed by atoms with Crippen molar-refractivity contribution in [1.29, 1.82) is 0 Å². The molecule has 0 bridgehead atoms. The van der Waals surface area contributed by atoms with Crippen LogP contribution in [0.25, 0.3) is 0 Å². The summed E-state index contributed by atoms with van der Waals surface area (Å²) in [6.45, 7) is 0. The lowest BCUT2D eigenvalue weighted by Gasteiger charge is -2.07. The standard InChI is InChI=1S/C9H10Cl2N4O2S/c1-18-9-14-5(12-7(16)3-10)2-6(15-9)13-8(17)4-11/h2H,3-4H2,1H3,(H2,12,13,14,15,16,17). The van der Waals surface area contributed by atoms with Gasteiger partial charge in [0.15, 0.2) is 5.16 Å². The van der Waals surface area contributed by atoms with Gasteiger partial charge < -0.3 is 10.6 Å². The first-order chi connectivity index (χ1) is 8.58. The molecule has 0 aliphatic heterocycles. The highest BCUT2D eigenvalue weighted by atomic mass is 35.5. The van der Waals surface area contributed by atoms with E-state index in [-0.39, 0.29) is 23.4 Å². The number of carbonyl (C=O) groups excluding carboxylic acids is 2. The van der Waals surface area contributed by atoms with Gasteiger partial charge in [0, 0.05) is 6.07 Å². The predicted molar refractivity (Wildman–Crippen MR) is 72.5 cm³/mol. The third kappa shape index (κ3) is 4.67. The zero-order valence-electron chi connectivity index (χ0n) is 9.37. The van der Waals surface area contributed by atoms with Gasteiger partial charge in [0.05, 0.1) is 0 Å². The van der Waals surface area contributed by atoms with E-state index in [0.29, 0.717) is 5.16 Å². The van der Waals surface area contributed by atoms with Crippen LogP contribution in [0.2, 0.25) is 0 Å². The number of alkyl halides is 2. The van der Waals surface area contributed by atoms with Crippen molar-refractivity contribution < 1.29 is 9.59 Å². The van der Waals surface area contributed by atoms with E-state index in [1.807, 2.05) is 0 Å². The first kappa shape index (κ1) is 15.0. The molecule has 9 heteroatoms. The topological polar surface area (TPSA) is 84.0 Å². The number of hydrogen-bond acceptors (Lipinski definition) is 5. The summed E-state index contributed by atoms with van der Waals surface area (Å²) in [6, 6.07) is 1.43. The van der Waals surface area contributed by atoms with Crippen LogP contribution in [0.1, 0.15) is 0 Å². The monoisotopic (exact) mass is 308 g/mol. The lowest BCUT2D eigenvalue weighted by molar-refractivity contribution is -0.114. The fourth-order valence-electron chi connectivity index (χ4n) is 0.997. The van der Waals surface area contributed by atoms with Gasteiger partial charge in [0.25, 0.3) is 0 Å². The molecule has 0 fully saturated rings. The van der Waals surface area contributed by atoms with Crippen molar-refractivity contribution in [2.24, 2.45) is 0 Å². The minimum Gasteiger partial charge on any atom is -0.309 e. The third-order valence-electron chi connectivity index (χ3n) is 1.67. The normalized spacial score (nSPS) is 9.94. The SMILES string of the molecule is CSc1nc(NC(=O)CCl)cc(NC(=O)CCl)n1. The molecule has 0 unspecified atom stereocenters. The van der Waals surface area contributed by atoms with Gasteiger partial charge in [-0.15, -0.1) is 23.2 Å². The van der Waals surface area contributed by atoms with Crippen LogP contribution < -0.4 is 10.6 Å². The van der Waals surface area contributed by atoms with Gasteiger partial charge in [-0.05, 0) is 6.26 Å². The van der Waals surface area contributed by atoms with Crippen LogP contribution in [0.5, 0.6) is 0 Å². The van der Waals surface area contributed by atoms with Gasteiger partial charge in [0.2, 0.25) is 11.8 Å². The van der Waals surface area contributed by atoms with E-state index in [2.05, 4.69) is 20.6 Å². The Balaban J connectivity index is 2.93. The minimum absolute atomic E-state index is 0.179. The Morgan fingerprint density at radius 1 is 1.17 bits per heavy atom. The van der Waals surface area contributed by atoms with Crippen molar-refractivity contribution in [3.63, 3.8) is 0 Å². The Morgan fingerprint density at radius 2 is 1.61 bits per heavy atom. The van der Waals surface area contributed by atoms with E-state index in [0.717, 1.165) is 0 Å². The summed E-state index contributed by atoms with van der Waals surface area (Å²) in [5, 5.41) is 5.37. The molecule has 1 heterocycles.